The number of hydrogen-bond donors (Lipinski definition) is 1. The van der Waals surface area contributed by atoms with E-state index < -0.39 is 0 Å². The Bertz CT molecular complexity index is 1060. The highest BCUT2D eigenvalue weighted by Crippen LogP contribution is 2.26. The van der Waals surface area contributed by atoms with Gasteiger partial charge in [-0.15, -0.1) is 0 Å². The van der Waals surface area contributed by atoms with Crippen molar-refractivity contribution in [2.45, 2.75) is 25.7 Å². The van der Waals surface area contributed by atoms with Gasteiger partial charge in [0.1, 0.15) is 11.2 Å². The molecule has 2 aromatic heterocycles. The van der Waals surface area contributed by atoms with Crippen molar-refractivity contribution in [3.63, 3.8) is 0 Å². The summed E-state index contributed by atoms with van der Waals surface area (Å²) < 4.78 is 1.48. The van der Waals surface area contributed by atoms with Gasteiger partial charge < -0.3 is 10.2 Å². The number of nitrogens with zero attached hydrogens (tertiary/aromatic N) is 3. The molecule has 1 aliphatic heterocycles. The van der Waals surface area contributed by atoms with E-state index in [0.717, 1.165) is 31.7 Å². The molecule has 6 heteroatoms. The van der Waals surface area contributed by atoms with E-state index in [-0.39, 0.29) is 17.0 Å². The largest absolute Gasteiger partial charge is 0.351 e. The maximum absolute atomic E-state index is 12.7. The molecule has 3 heterocycles. The van der Waals surface area contributed by atoms with E-state index in [1.807, 2.05) is 25.1 Å². The van der Waals surface area contributed by atoms with Crippen LogP contribution in [0.5, 0.6) is 0 Å². The van der Waals surface area contributed by atoms with Crippen LogP contribution in [0, 0.1) is 6.92 Å². The van der Waals surface area contributed by atoms with Crippen LogP contribution >= 0.6 is 0 Å². The first kappa shape index (κ1) is 19.3. The van der Waals surface area contributed by atoms with Crippen LogP contribution in [-0.4, -0.2) is 46.4 Å². The number of hydrogen-bond acceptors (Lipinski definition) is 4. The standard InChI is InChI=1S/C23H26N4O2/c1-17-7-5-11-21-25-15-20(23(29)27(17)21)22(28)24-12-14-26-13-6-10-19(16-26)18-8-3-2-4-9-18/h2-5,7-9,11,15,19H,6,10,12-14,16H2,1H3,(H,24,28). The van der Waals surface area contributed by atoms with Gasteiger partial charge in [0.15, 0.2) is 0 Å². The monoisotopic (exact) mass is 390 g/mol. The van der Waals surface area contributed by atoms with Crippen molar-refractivity contribution in [3.05, 3.63) is 81.9 Å². The zero-order chi connectivity index (χ0) is 20.2. The Labute approximate surface area is 170 Å². The zero-order valence-corrected chi connectivity index (χ0v) is 16.7. The summed E-state index contributed by atoms with van der Waals surface area (Å²) in [6.07, 6.45) is 3.73. The topological polar surface area (TPSA) is 66.7 Å². The summed E-state index contributed by atoms with van der Waals surface area (Å²) in [6, 6.07) is 16.0. The summed E-state index contributed by atoms with van der Waals surface area (Å²) in [5.41, 5.74) is 2.44. The molecule has 1 N–H and O–H groups in total. The average Bonchev–Trinajstić information content (AvgIpc) is 2.75. The van der Waals surface area contributed by atoms with Gasteiger partial charge in [-0.2, -0.15) is 0 Å². The molecule has 3 aromatic rings. The second-order valence-corrected chi connectivity index (χ2v) is 7.64. The number of rotatable bonds is 5. The number of carbonyl (C=O) groups excluding carboxylic acids is 1. The van der Waals surface area contributed by atoms with Crippen molar-refractivity contribution in [2.75, 3.05) is 26.2 Å². The van der Waals surface area contributed by atoms with E-state index in [9.17, 15) is 9.59 Å². The number of amides is 1. The molecule has 1 atom stereocenters. The SMILES string of the molecule is Cc1cccc2ncc(C(=O)NCCN3CCCC(c4ccccc4)C3)c(=O)n12. The Morgan fingerprint density at radius 2 is 2.00 bits per heavy atom. The minimum absolute atomic E-state index is 0.0811. The highest BCUT2D eigenvalue weighted by molar-refractivity contribution is 5.93. The Hall–Kier alpha value is -2.99. The van der Waals surface area contributed by atoms with E-state index >= 15 is 0 Å². The minimum atomic E-state index is -0.364. The van der Waals surface area contributed by atoms with Crippen LogP contribution in [-0.2, 0) is 0 Å². The third kappa shape index (κ3) is 4.22. The number of fused-ring (bicyclic) bond motifs is 1. The Morgan fingerprint density at radius 3 is 2.83 bits per heavy atom. The lowest BCUT2D eigenvalue weighted by molar-refractivity contribution is 0.0943. The van der Waals surface area contributed by atoms with Crippen LogP contribution in [0.4, 0.5) is 0 Å². The van der Waals surface area contributed by atoms with Gasteiger partial charge in [-0.1, -0.05) is 36.4 Å². The van der Waals surface area contributed by atoms with Crippen LogP contribution < -0.4 is 10.9 Å². The fraction of sp³-hybridized carbons (Fsp3) is 0.348. The first-order valence-corrected chi connectivity index (χ1v) is 10.2. The number of benzene rings is 1. The van der Waals surface area contributed by atoms with Crippen LogP contribution in [0.3, 0.4) is 0 Å². The lowest BCUT2D eigenvalue weighted by atomic mass is 9.91. The minimum Gasteiger partial charge on any atom is -0.351 e. The van der Waals surface area contributed by atoms with Crippen molar-refractivity contribution >= 4 is 11.6 Å². The van der Waals surface area contributed by atoms with Crippen LogP contribution in [0.15, 0.2) is 59.5 Å². The maximum Gasteiger partial charge on any atom is 0.270 e. The first-order chi connectivity index (χ1) is 14.1. The van der Waals surface area contributed by atoms with Crippen molar-refractivity contribution < 1.29 is 4.79 Å². The molecular weight excluding hydrogens is 364 g/mol. The molecule has 0 radical (unpaired) electrons. The van der Waals surface area contributed by atoms with Gasteiger partial charge in [0, 0.05) is 31.5 Å². The van der Waals surface area contributed by atoms with Crippen molar-refractivity contribution in [3.8, 4) is 0 Å². The number of nitrogens with one attached hydrogen (secondary N) is 1. The first-order valence-electron chi connectivity index (χ1n) is 10.2. The molecule has 0 saturated carbocycles. The summed E-state index contributed by atoms with van der Waals surface area (Å²) in [5.74, 6) is 0.176. The molecule has 0 aliphatic carbocycles. The van der Waals surface area contributed by atoms with Gasteiger partial charge in [-0.3, -0.25) is 14.0 Å². The van der Waals surface area contributed by atoms with Crippen molar-refractivity contribution in [1.29, 1.82) is 0 Å². The van der Waals surface area contributed by atoms with Crippen LogP contribution in [0.1, 0.15) is 40.4 Å². The molecule has 1 aromatic carbocycles. The summed E-state index contributed by atoms with van der Waals surface area (Å²) >= 11 is 0. The number of carbonyl (C=O) groups is 1. The van der Waals surface area contributed by atoms with E-state index in [2.05, 4.69) is 39.5 Å². The summed E-state index contributed by atoms with van der Waals surface area (Å²) in [4.78, 5) is 31.9. The normalized spacial score (nSPS) is 17.3. The lowest BCUT2D eigenvalue weighted by Gasteiger charge is -2.33. The molecule has 150 valence electrons. The fourth-order valence-corrected chi connectivity index (χ4v) is 4.11. The number of piperidine rings is 1. The van der Waals surface area contributed by atoms with Gasteiger partial charge in [-0.25, -0.2) is 4.98 Å². The molecule has 1 amide bonds. The quantitative estimate of drug-likeness (QED) is 0.727. The maximum atomic E-state index is 12.7. The van der Waals surface area contributed by atoms with Gasteiger partial charge >= 0.3 is 0 Å². The fourth-order valence-electron chi connectivity index (χ4n) is 4.11. The van der Waals surface area contributed by atoms with Gasteiger partial charge in [-0.05, 0) is 49.9 Å². The molecule has 1 saturated heterocycles. The molecule has 1 fully saturated rings. The zero-order valence-electron chi connectivity index (χ0n) is 16.7. The predicted octanol–water partition coefficient (Wildman–Crippen LogP) is 2.61. The van der Waals surface area contributed by atoms with E-state index in [1.165, 1.54) is 22.6 Å². The number of likely N-dealkylation sites (tertiary alicyclic amines) is 1. The highest BCUT2D eigenvalue weighted by atomic mass is 16.2. The Balaban J connectivity index is 1.37. The van der Waals surface area contributed by atoms with Gasteiger partial charge in [0.05, 0.1) is 0 Å². The van der Waals surface area contributed by atoms with E-state index in [4.69, 9.17) is 0 Å². The molecule has 1 aliphatic rings. The third-order valence-corrected chi connectivity index (χ3v) is 5.66. The summed E-state index contributed by atoms with van der Waals surface area (Å²) in [5, 5.41) is 2.89. The van der Waals surface area contributed by atoms with Crippen LogP contribution in [0.25, 0.3) is 5.65 Å². The number of aryl methyl sites for hydroxylation is 1. The second kappa shape index (κ2) is 8.57. The average molecular weight is 390 g/mol. The Morgan fingerprint density at radius 1 is 1.17 bits per heavy atom. The van der Waals surface area contributed by atoms with Crippen molar-refractivity contribution in [1.82, 2.24) is 19.6 Å². The molecule has 29 heavy (non-hydrogen) atoms. The molecule has 1 unspecified atom stereocenters. The van der Waals surface area contributed by atoms with Gasteiger partial charge in [0.2, 0.25) is 0 Å². The summed E-state index contributed by atoms with van der Waals surface area (Å²) in [6.45, 7) is 5.15. The molecule has 0 bridgehead atoms. The van der Waals surface area contributed by atoms with E-state index in [1.54, 1.807) is 6.07 Å². The lowest BCUT2D eigenvalue weighted by Crippen LogP contribution is -2.41. The number of pyridine rings is 1. The van der Waals surface area contributed by atoms with Gasteiger partial charge in [0.25, 0.3) is 11.5 Å². The molecule has 6 nitrogen and oxygen atoms in total. The third-order valence-electron chi connectivity index (χ3n) is 5.66. The highest BCUT2D eigenvalue weighted by Gasteiger charge is 2.21. The summed E-state index contributed by atoms with van der Waals surface area (Å²) in [7, 11) is 0. The smallest absolute Gasteiger partial charge is 0.270 e. The second-order valence-electron chi connectivity index (χ2n) is 7.64. The number of aromatic nitrogens is 2. The molecule has 4 rings (SSSR count). The predicted molar refractivity (Wildman–Crippen MR) is 113 cm³/mol. The molecule has 0 spiro atoms. The molecular formula is C23H26N4O2. The Kier molecular flexibility index (Phi) is 5.71. The van der Waals surface area contributed by atoms with Crippen LogP contribution in [0.2, 0.25) is 0 Å². The van der Waals surface area contributed by atoms with Crippen molar-refractivity contribution in [2.24, 2.45) is 0 Å². The van der Waals surface area contributed by atoms with E-state index in [0.29, 0.717) is 18.1 Å².